The van der Waals surface area contributed by atoms with Crippen LogP contribution >= 0.6 is 11.6 Å². The van der Waals surface area contributed by atoms with Crippen LogP contribution in [0.4, 0.5) is 5.69 Å². The van der Waals surface area contributed by atoms with Gasteiger partial charge in [-0.25, -0.2) is 0 Å². The minimum Gasteiger partial charge on any atom is -0.350 e. The van der Waals surface area contributed by atoms with Crippen LogP contribution in [-0.2, 0) is 9.59 Å². The number of carbonyl (C=O) groups excluding carboxylic acids is 2. The number of rotatable bonds is 5. The normalized spacial score (nSPS) is 14.2. The fourth-order valence-corrected chi connectivity index (χ4v) is 2.90. The Morgan fingerprint density at radius 2 is 1.84 bits per heavy atom. The largest absolute Gasteiger partial charge is 0.350 e. The van der Waals surface area contributed by atoms with Crippen LogP contribution in [0.25, 0.3) is 5.57 Å². The third-order valence-corrected chi connectivity index (χ3v) is 4.24. The maximum atomic E-state index is 12.8. The summed E-state index contributed by atoms with van der Waals surface area (Å²) >= 11 is 6.07. The molecule has 5 heteroatoms. The predicted octanol–water partition coefficient (Wildman–Crippen LogP) is 4.03. The van der Waals surface area contributed by atoms with Crippen LogP contribution in [0, 0.1) is 6.92 Å². The summed E-state index contributed by atoms with van der Waals surface area (Å²) in [6.07, 6.45) is 1.53. The van der Waals surface area contributed by atoms with Crippen LogP contribution in [0.2, 0.25) is 5.02 Å². The third-order valence-electron chi connectivity index (χ3n) is 4.00. The number of amides is 2. The first-order valence-electron chi connectivity index (χ1n) is 7.83. The quantitative estimate of drug-likeness (QED) is 0.653. The Hall–Kier alpha value is -2.85. The van der Waals surface area contributed by atoms with E-state index in [2.05, 4.69) is 11.9 Å². The number of hydrogen-bond acceptors (Lipinski definition) is 3. The maximum Gasteiger partial charge on any atom is 0.278 e. The highest BCUT2D eigenvalue weighted by molar-refractivity contribution is 6.36. The molecule has 25 heavy (non-hydrogen) atoms. The number of hydrogen-bond donors (Lipinski definition) is 1. The van der Waals surface area contributed by atoms with Gasteiger partial charge in [-0.3, -0.25) is 14.5 Å². The lowest BCUT2D eigenvalue weighted by molar-refractivity contribution is -0.136. The van der Waals surface area contributed by atoms with Crippen LogP contribution in [-0.4, -0.2) is 23.3 Å². The molecule has 2 aromatic carbocycles. The molecule has 1 heterocycles. The van der Waals surface area contributed by atoms with E-state index in [4.69, 9.17) is 11.6 Å². The Kier molecular flexibility index (Phi) is 4.72. The molecule has 4 nitrogen and oxygen atoms in total. The highest BCUT2D eigenvalue weighted by Gasteiger charge is 2.38. The van der Waals surface area contributed by atoms with Crippen molar-refractivity contribution in [2.45, 2.75) is 6.92 Å². The summed E-state index contributed by atoms with van der Waals surface area (Å²) in [6.45, 7) is 5.69. The topological polar surface area (TPSA) is 49.4 Å². The lowest BCUT2D eigenvalue weighted by atomic mass is 10.0. The zero-order valence-electron chi connectivity index (χ0n) is 13.8. The fourth-order valence-electron chi connectivity index (χ4n) is 2.72. The molecule has 1 aliphatic rings. The van der Waals surface area contributed by atoms with Crippen LogP contribution in [0.5, 0.6) is 0 Å². The molecule has 0 saturated carbocycles. The van der Waals surface area contributed by atoms with Crippen molar-refractivity contribution in [3.05, 3.63) is 83.0 Å². The Balaban J connectivity index is 2.11. The van der Waals surface area contributed by atoms with Gasteiger partial charge in [0.15, 0.2) is 0 Å². The SMILES string of the molecule is C=CCN1C(=O)C(Nc2cc(Cl)ccc2C)=C(c2ccccc2)C1=O. The van der Waals surface area contributed by atoms with Gasteiger partial charge in [-0.15, -0.1) is 6.58 Å². The van der Waals surface area contributed by atoms with E-state index < -0.39 is 0 Å². The molecule has 2 amide bonds. The molecule has 0 unspecified atom stereocenters. The number of halogens is 1. The molecule has 2 aromatic rings. The van der Waals surface area contributed by atoms with Crippen molar-refractivity contribution in [1.29, 1.82) is 0 Å². The van der Waals surface area contributed by atoms with Crippen LogP contribution in [0.15, 0.2) is 66.9 Å². The Bertz CT molecular complexity index is 888. The minimum absolute atomic E-state index is 0.160. The van der Waals surface area contributed by atoms with Gasteiger partial charge in [-0.2, -0.15) is 0 Å². The summed E-state index contributed by atoms with van der Waals surface area (Å²) in [5.41, 5.74) is 2.91. The zero-order chi connectivity index (χ0) is 18.0. The lowest BCUT2D eigenvalue weighted by Gasteiger charge is -2.13. The smallest absolute Gasteiger partial charge is 0.278 e. The van der Waals surface area contributed by atoms with Crippen molar-refractivity contribution in [1.82, 2.24) is 4.90 Å². The number of carbonyl (C=O) groups is 2. The van der Waals surface area contributed by atoms with E-state index in [0.717, 1.165) is 5.56 Å². The number of imide groups is 1. The van der Waals surface area contributed by atoms with Gasteiger partial charge in [-0.1, -0.05) is 54.1 Å². The molecule has 1 N–H and O–H groups in total. The summed E-state index contributed by atoms with van der Waals surface area (Å²) in [7, 11) is 0. The minimum atomic E-state index is -0.372. The van der Waals surface area contributed by atoms with Crippen LogP contribution in [0.1, 0.15) is 11.1 Å². The van der Waals surface area contributed by atoms with Crippen molar-refractivity contribution in [2.24, 2.45) is 0 Å². The highest BCUT2D eigenvalue weighted by atomic mass is 35.5. The molecule has 0 spiro atoms. The first-order valence-corrected chi connectivity index (χ1v) is 8.20. The molecule has 1 aliphatic heterocycles. The van der Waals surface area contributed by atoms with Gasteiger partial charge in [0, 0.05) is 17.3 Å². The molecular formula is C20H17ClN2O2. The maximum absolute atomic E-state index is 12.8. The molecule has 0 atom stereocenters. The Morgan fingerprint density at radius 3 is 2.52 bits per heavy atom. The highest BCUT2D eigenvalue weighted by Crippen LogP contribution is 2.31. The molecule has 0 radical (unpaired) electrons. The summed E-state index contributed by atoms with van der Waals surface area (Å²) < 4.78 is 0. The Labute approximate surface area is 151 Å². The predicted molar refractivity (Wildman–Crippen MR) is 100 cm³/mol. The second-order valence-electron chi connectivity index (χ2n) is 5.71. The average Bonchev–Trinajstić information content (AvgIpc) is 2.84. The zero-order valence-corrected chi connectivity index (χ0v) is 14.5. The summed E-state index contributed by atoms with van der Waals surface area (Å²) in [5, 5.41) is 3.67. The molecular weight excluding hydrogens is 336 g/mol. The average molecular weight is 353 g/mol. The number of nitrogens with one attached hydrogen (secondary N) is 1. The summed E-state index contributed by atoms with van der Waals surface area (Å²) in [5.74, 6) is -0.707. The standard InChI is InChI=1S/C20H17ClN2O2/c1-3-11-23-19(24)17(14-7-5-4-6-8-14)18(20(23)25)22-16-12-15(21)10-9-13(16)2/h3-10,12,22H,1,11H2,2H3. The summed E-state index contributed by atoms with van der Waals surface area (Å²) in [6, 6.07) is 14.5. The van der Waals surface area contributed by atoms with E-state index in [0.29, 0.717) is 21.8 Å². The van der Waals surface area contributed by atoms with Gasteiger partial charge in [0.2, 0.25) is 0 Å². The van der Waals surface area contributed by atoms with Crippen molar-refractivity contribution >= 4 is 34.7 Å². The van der Waals surface area contributed by atoms with Gasteiger partial charge >= 0.3 is 0 Å². The van der Waals surface area contributed by atoms with E-state index >= 15 is 0 Å². The van der Waals surface area contributed by atoms with Crippen molar-refractivity contribution in [2.75, 3.05) is 11.9 Å². The molecule has 0 saturated heterocycles. The molecule has 0 aromatic heterocycles. The van der Waals surface area contributed by atoms with Crippen molar-refractivity contribution in [3.8, 4) is 0 Å². The number of aryl methyl sites for hydroxylation is 1. The number of anilines is 1. The van der Waals surface area contributed by atoms with Gasteiger partial charge in [-0.05, 0) is 30.2 Å². The van der Waals surface area contributed by atoms with E-state index in [-0.39, 0.29) is 24.1 Å². The fraction of sp³-hybridized carbons (Fsp3) is 0.100. The van der Waals surface area contributed by atoms with Gasteiger partial charge < -0.3 is 5.32 Å². The van der Waals surface area contributed by atoms with Crippen LogP contribution in [0.3, 0.4) is 0 Å². The first-order chi connectivity index (χ1) is 12.0. The van der Waals surface area contributed by atoms with Crippen LogP contribution < -0.4 is 5.32 Å². The Morgan fingerprint density at radius 1 is 1.12 bits per heavy atom. The molecule has 126 valence electrons. The van der Waals surface area contributed by atoms with Crippen molar-refractivity contribution in [3.63, 3.8) is 0 Å². The number of nitrogens with zero attached hydrogens (tertiary/aromatic N) is 1. The van der Waals surface area contributed by atoms with Gasteiger partial charge in [0.05, 0.1) is 5.57 Å². The van der Waals surface area contributed by atoms with E-state index in [1.165, 1.54) is 11.0 Å². The summed E-state index contributed by atoms with van der Waals surface area (Å²) in [4.78, 5) is 26.8. The lowest BCUT2D eigenvalue weighted by Crippen LogP contribution is -2.32. The second-order valence-corrected chi connectivity index (χ2v) is 6.15. The second kappa shape index (κ2) is 6.95. The van der Waals surface area contributed by atoms with Gasteiger partial charge in [0.1, 0.15) is 5.70 Å². The molecule has 3 rings (SSSR count). The first kappa shape index (κ1) is 17.0. The molecule has 0 bridgehead atoms. The van der Waals surface area contributed by atoms with E-state index in [9.17, 15) is 9.59 Å². The molecule has 0 aliphatic carbocycles. The van der Waals surface area contributed by atoms with Crippen molar-refractivity contribution < 1.29 is 9.59 Å². The van der Waals surface area contributed by atoms with Gasteiger partial charge in [0.25, 0.3) is 11.8 Å². The molecule has 0 fully saturated rings. The third kappa shape index (κ3) is 3.21. The van der Waals surface area contributed by atoms with E-state index in [1.807, 2.05) is 43.3 Å². The number of benzene rings is 2. The monoisotopic (exact) mass is 352 g/mol. The van der Waals surface area contributed by atoms with E-state index in [1.54, 1.807) is 12.1 Å².